The zero-order chi connectivity index (χ0) is 20.1. The van der Waals surface area contributed by atoms with Crippen LogP contribution < -0.4 is 10.2 Å². The first kappa shape index (κ1) is 23.5. The van der Waals surface area contributed by atoms with E-state index < -0.39 is 0 Å². The van der Waals surface area contributed by atoms with E-state index in [1.807, 2.05) is 13.2 Å². The van der Waals surface area contributed by atoms with E-state index >= 15 is 0 Å². The standard InChI is InChI=1S/C22H35N5O2.HI/c1-17-7-9-26(10-8-17)21-6-5-18(14-24-21)15-25-22(23-2)27-11-13-29-20(16-27)19-4-3-12-28-19;/h5-6,14,17,19-20H,3-4,7-13,15-16H2,1-2H3,(H,23,25);1H. The monoisotopic (exact) mass is 529 g/mol. The summed E-state index contributed by atoms with van der Waals surface area (Å²) in [6.07, 6.45) is 7.10. The largest absolute Gasteiger partial charge is 0.375 e. The second kappa shape index (κ2) is 11.5. The van der Waals surface area contributed by atoms with Crippen molar-refractivity contribution in [2.75, 3.05) is 51.3 Å². The highest BCUT2D eigenvalue weighted by Gasteiger charge is 2.32. The van der Waals surface area contributed by atoms with Gasteiger partial charge in [0, 0.05) is 52.6 Å². The summed E-state index contributed by atoms with van der Waals surface area (Å²) in [6.45, 7) is 8.54. The maximum atomic E-state index is 5.96. The lowest BCUT2D eigenvalue weighted by Crippen LogP contribution is -2.53. The zero-order valence-corrected chi connectivity index (χ0v) is 20.6. The van der Waals surface area contributed by atoms with Gasteiger partial charge in [-0.1, -0.05) is 13.0 Å². The van der Waals surface area contributed by atoms with Crippen molar-refractivity contribution < 1.29 is 9.47 Å². The van der Waals surface area contributed by atoms with Gasteiger partial charge in [-0.25, -0.2) is 4.98 Å². The Morgan fingerprint density at radius 2 is 1.93 bits per heavy atom. The van der Waals surface area contributed by atoms with Gasteiger partial charge >= 0.3 is 0 Å². The lowest BCUT2D eigenvalue weighted by molar-refractivity contribution is -0.0817. The third-order valence-electron chi connectivity index (χ3n) is 6.35. The van der Waals surface area contributed by atoms with Gasteiger partial charge in [-0.2, -0.15) is 0 Å². The maximum Gasteiger partial charge on any atom is 0.194 e. The van der Waals surface area contributed by atoms with Gasteiger partial charge in [-0.3, -0.25) is 4.99 Å². The summed E-state index contributed by atoms with van der Waals surface area (Å²) < 4.78 is 11.8. The van der Waals surface area contributed by atoms with Gasteiger partial charge in [0.2, 0.25) is 0 Å². The number of nitrogens with zero attached hydrogens (tertiary/aromatic N) is 4. The van der Waals surface area contributed by atoms with Gasteiger partial charge in [0.05, 0.1) is 12.7 Å². The Kier molecular flexibility index (Phi) is 9.00. The summed E-state index contributed by atoms with van der Waals surface area (Å²) in [4.78, 5) is 13.9. The van der Waals surface area contributed by atoms with Crippen molar-refractivity contribution in [3.63, 3.8) is 0 Å². The van der Waals surface area contributed by atoms with Crippen LogP contribution in [-0.4, -0.2) is 74.5 Å². The molecule has 1 aromatic rings. The fourth-order valence-corrected chi connectivity index (χ4v) is 4.45. The number of nitrogens with one attached hydrogen (secondary N) is 1. The number of guanidine groups is 1. The van der Waals surface area contributed by atoms with Gasteiger partial charge in [0.1, 0.15) is 11.9 Å². The van der Waals surface area contributed by atoms with Gasteiger partial charge in [0.15, 0.2) is 5.96 Å². The Morgan fingerprint density at radius 1 is 1.13 bits per heavy atom. The molecule has 0 amide bonds. The average Bonchev–Trinajstić information content (AvgIpc) is 3.31. The Hall–Kier alpha value is -1.13. The quantitative estimate of drug-likeness (QED) is 0.368. The summed E-state index contributed by atoms with van der Waals surface area (Å²) in [6, 6.07) is 4.33. The SMILES string of the molecule is CN=C(NCc1ccc(N2CCC(C)CC2)nc1)N1CCOC(C2CCCO2)C1.I. The molecule has 30 heavy (non-hydrogen) atoms. The Bertz CT molecular complexity index is 673. The first-order valence-corrected chi connectivity index (χ1v) is 11.1. The minimum atomic E-state index is 0. The molecule has 0 aromatic carbocycles. The van der Waals surface area contributed by atoms with Crippen LogP contribution in [0, 0.1) is 5.92 Å². The molecule has 0 aliphatic carbocycles. The molecule has 1 N–H and O–H groups in total. The summed E-state index contributed by atoms with van der Waals surface area (Å²) >= 11 is 0. The number of hydrogen-bond donors (Lipinski definition) is 1. The van der Waals surface area contributed by atoms with E-state index in [0.29, 0.717) is 0 Å². The molecule has 0 radical (unpaired) electrons. The predicted octanol–water partition coefficient (Wildman–Crippen LogP) is 2.89. The van der Waals surface area contributed by atoms with E-state index in [1.165, 1.54) is 18.4 Å². The molecule has 4 heterocycles. The van der Waals surface area contributed by atoms with Crippen LogP contribution >= 0.6 is 24.0 Å². The van der Waals surface area contributed by atoms with Crippen LogP contribution in [0.1, 0.15) is 38.2 Å². The maximum absolute atomic E-state index is 5.96. The molecule has 4 rings (SSSR count). The van der Waals surface area contributed by atoms with Crippen LogP contribution in [-0.2, 0) is 16.0 Å². The first-order chi connectivity index (χ1) is 14.2. The number of piperidine rings is 1. The Balaban J connectivity index is 0.00000256. The third-order valence-corrected chi connectivity index (χ3v) is 6.35. The molecule has 3 fully saturated rings. The zero-order valence-electron chi connectivity index (χ0n) is 18.3. The van der Waals surface area contributed by atoms with Crippen molar-refractivity contribution in [1.82, 2.24) is 15.2 Å². The van der Waals surface area contributed by atoms with Crippen molar-refractivity contribution in [2.45, 2.75) is 51.4 Å². The molecule has 3 aliphatic rings. The number of aromatic nitrogens is 1. The Morgan fingerprint density at radius 3 is 2.60 bits per heavy atom. The molecule has 0 spiro atoms. The second-order valence-corrected chi connectivity index (χ2v) is 8.50. The third kappa shape index (κ3) is 5.97. The summed E-state index contributed by atoms with van der Waals surface area (Å²) in [7, 11) is 1.84. The van der Waals surface area contributed by atoms with Crippen molar-refractivity contribution in [2.24, 2.45) is 10.9 Å². The lowest BCUT2D eigenvalue weighted by Gasteiger charge is -2.37. The van der Waals surface area contributed by atoms with E-state index in [9.17, 15) is 0 Å². The fourth-order valence-electron chi connectivity index (χ4n) is 4.45. The molecular weight excluding hydrogens is 493 g/mol. The molecule has 2 atom stereocenters. The van der Waals surface area contributed by atoms with E-state index in [0.717, 1.165) is 76.5 Å². The second-order valence-electron chi connectivity index (χ2n) is 8.50. The highest BCUT2D eigenvalue weighted by atomic mass is 127. The minimum absolute atomic E-state index is 0. The van der Waals surface area contributed by atoms with Crippen LogP contribution in [0.3, 0.4) is 0 Å². The van der Waals surface area contributed by atoms with Crippen molar-refractivity contribution in [1.29, 1.82) is 0 Å². The molecule has 168 valence electrons. The number of ether oxygens (including phenoxy) is 2. The highest BCUT2D eigenvalue weighted by molar-refractivity contribution is 14.0. The van der Waals surface area contributed by atoms with E-state index in [4.69, 9.17) is 14.5 Å². The fraction of sp³-hybridized carbons (Fsp3) is 0.727. The molecule has 8 heteroatoms. The van der Waals surface area contributed by atoms with Crippen molar-refractivity contribution >= 4 is 35.8 Å². The number of hydrogen-bond acceptors (Lipinski definition) is 5. The van der Waals surface area contributed by atoms with Gasteiger partial charge in [-0.15, -0.1) is 24.0 Å². The van der Waals surface area contributed by atoms with E-state index in [1.54, 1.807) is 0 Å². The number of halogens is 1. The molecule has 2 unspecified atom stereocenters. The van der Waals surface area contributed by atoms with Gasteiger partial charge in [0.25, 0.3) is 0 Å². The molecular formula is C22H36IN5O2. The summed E-state index contributed by atoms with van der Waals surface area (Å²) in [5.41, 5.74) is 1.17. The average molecular weight is 529 g/mol. The van der Waals surface area contributed by atoms with E-state index in [2.05, 4.69) is 39.2 Å². The van der Waals surface area contributed by atoms with Crippen LogP contribution in [0.4, 0.5) is 5.82 Å². The Labute approximate surface area is 197 Å². The van der Waals surface area contributed by atoms with Crippen molar-refractivity contribution in [3.8, 4) is 0 Å². The van der Waals surface area contributed by atoms with Gasteiger partial charge in [-0.05, 0) is 43.2 Å². The number of pyridine rings is 1. The number of rotatable bonds is 4. The minimum Gasteiger partial charge on any atom is -0.375 e. The lowest BCUT2D eigenvalue weighted by atomic mass is 9.99. The summed E-state index contributed by atoms with van der Waals surface area (Å²) in [5, 5.41) is 3.50. The molecule has 3 aliphatic heterocycles. The van der Waals surface area contributed by atoms with Crippen molar-refractivity contribution in [3.05, 3.63) is 23.9 Å². The number of morpholine rings is 1. The topological polar surface area (TPSA) is 62.2 Å². The predicted molar refractivity (Wildman–Crippen MR) is 131 cm³/mol. The van der Waals surface area contributed by atoms with Gasteiger partial charge < -0.3 is 24.6 Å². The normalized spacial score (nSPS) is 25.9. The highest BCUT2D eigenvalue weighted by Crippen LogP contribution is 2.22. The number of anilines is 1. The van der Waals surface area contributed by atoms with Crippen LogP contribution in [0.2, 0.25) is 0 Å². The van der Waals surface area contributed by atoms with Crippen LogP contribution in [0.15, 0.2) is 23.3 Å². The molecule has 3 saturated heterocycles. The summed E-state index contributed by atoms with van der Waals surface area (Å²) in [5.74, 6) is 2.85. The van der Waals surface area contributed by atoms with Crippen LogP contribution in [0.5, 0.6) is 0 Å². The smallest absolute Gasteiger partial charge is 0.194 e. The first-order valence-electron chi connectivity index (χ1n) is 11.1. The van der Waals surface area contributed by atoms with Crippen LogP contribution in [0.25, 0.3) is 0 Å². The molecule has 7 nitrogen and oxygen atoms in total. The van der Waals surface area contributed by atoms with E-state index in [-0.39, 0.29) is 36.2 Å². The molecule has 0 saturated carbocycles. The number of aliphatic imine (C=N–C) groups is 1. The molecule has 1 aromatic heterocycles. The molecule has 0 bridgehead atoms.